The second-order valence-electron chi connectivity index (χ2n) is 9.80. The number of nitrogens with one attached hydrogen (secondary N) is 3. The molecule has 10 heteroatoms. The van der Waals surface area contributed by atoms with Crippen LogP contribution in [0.3, 0.4) is 0 Å². The van der Waals surface area contributed by atoms with Crippen LogP contribution < -0.4 is 20.1 Å². The molecule has 2 heterocycles. The van der Waals surface area contributed by atoms with Gasteiger partial charge in [0.2, 0.25) is 11.8 Å². The summed E-state index contributed by atoms with van der Waals surface area (Å²) in [5.41, 5.74) is 1.50. The molecule has 0 spiro atoms. The zero-order valence-corrected chi connectivity index (χ0v) is 22.2. The van der Waals surface area contributed by atoms with Gasteiger partial charge in [-0.25, -0.2) is 9.78 Å². The summed E-state index contributed by atoms with van der Waals surface area (Å²) in [4.78, 5) is 43.2. The number of hydrogen-bond donors (Lipinski definition) is 4. The molecule has 0 unspecified atom stereocenters. The molecule has 0 saturated heterocycles. The first-order valence-corrected chi connectivity index (χ1v) is 13.4. The van der Waals surface area contributed by atoms with Gasteiger partial charge < -0.3 is 30.2 Å². The number of nitrogens with zero attached hydrogens (tertiary/aromatic N) is 1. The molecule has 2 amide bonds. The fraction of sp³-hybridized carbons (Fsp3) is 0.226. The maximum atomic E-state index is 12.4. The standard InChI is InChI=1S/C31H30N4O6/c36-28(35-26-5-2-1-4-25(26)31(38)39)18-20-7-16-29(33-19-20)41-24-14-12-23(13-15-24)40-22-10-8-21(9-11-22)34-30(37)27-6-3-17-32-27/h1-7,12-17,19,21-22,32H,8-11,18H2,(H,34,37)(H,35,36)(H,38,39). The molecule has 2 aromatic carbocycles. The molecule has 0 bridgehead atoms. The van der Waals surface area contributed by atoms with Gasteiger partial charge in [-0.15, -0.1) is 0 Å². The summed E-state index contributed by atoms with van der Waals surface area (Å²) >= 11 is 0. The van der Waals surface area contributed by atoms with Crippen LogP contribution in [0.4, 0.5) is 5.69 Å². The van der Waals surface area contributed by atoms with Gasteiger partial charge in [-0.2, -0.15) is 0 Å². The number of ether oxygens (including phenoxy) is 2. The van der Waals surface area contributed by atoms with E-state index in [1.807, 2.05) is 12.1 Å². The van der Waals surface area contributed by atoms with E-state index in [9.17, 15) is 19.5 Å². The number of H-pyrrole nitrogens is 1. The molecule has 1 aliphatic rings. The third kappa shape index (κ3) is 7.51. The van der Waals surface area contributed by atoms with Crippen LogP contribution >= 0.6 is 0 Å². The number of aromatic carboxylic acids is 1. The van der Waals surface area contributed by atoms with Crippen molar-refractivity contribution in [3.8, 4) is 17.4 Å². The molecule has 5 rings (SSSR count). The van der Waals surface area contributed by atoms with Crippen LogP contribution in [0.2, 0.25) is 0 Å². The number of rotatable bonds is 10. The summed E-state index contributed by atoms with van der Waals surface area (Å²) in [5, 5.41) is 15.0. The highest BCUT2D eigenvalue weighted by Crippen LogP contribution is 2.27. The van der Waals surface area contributed by atoms with Crippen molar-refractivity contribution in [2.45, 2.75) is 44.2 Å². The smallest absolute Gasteiger partial charge is 0.337 e. The van der Waals surface area contributed by atoms with E-state index in [0.717, 1.165) is 31.4 Å². The molecule has 1 fully saturated rings. The average Bonchev–Trinajstić information content (AvgIpc) is 3.52. The second kappa shape index (κ2) is 12.8. The molecule has 4 N–H and O–H groups in total. The number of benzene rings is 2. The maximum absolute atomic E-state index is 12.4. The molecular formula is C31H30N4O6. The number of carboxylic acids is 1. The molecule has 41 heavy (non-hydrogen) atoms. The lowest BCUT2D eigenvalue weighted by Crippen LogP contribution is -2.39. The third-order valence-electron chi connectivity index (χ3n) is 6.79. The van der Waals surface area contributed by atoms with E-state index in [0.29, 0.717) is 22.9 Å². The fourth-order valence-electron chi connectivity index (χ4n) is 4.69. The van der Waals surface area contributed by atoms with Gasteiger partial charge in [0.15, 0.2) is 0 Å². The van der Waals surface area contributed by atoms with Gasteiger partial charge in [0, 0.05) is 24.5 Å². The van der Waals surface area contributed by atoms with E-state index >= 15 is 0 Å². The van der Waals surface area contributed by atoms with Crippen molar-refractivity contribution < 1.29 is 29.0 Å². The van der Waals surface area contributed by atoms with Crippen molar-refractivity contribution in [2.24, 2.45) is 0 Å². The van der Waals surface area contributed by atoms with Crippen LogP contribution in [0.15, 0.2) is 85.2 Å². The van der Waals surface area contributed by atoms with Crippen LogP contribution in [-0.2, 0) is 11.2 Å². The predicted molar refractivity (Wildman–Crippen MR) is 151 cm³/mol. The molecule has 10 nitrogen and oxygen atoms in total. The fourth-order valence-corrected chi connectivity index (χ4v) is 4.69. The number of carbonyl (C=O) groups is 3. The minimum Gasteiger partial charge on any atom is -0.490 e. The van der Waals surface area contributed by atoms with Crippen molar-refractivity contribution in [3.63, 3.8) is 0 Å². The Morgan fingerprint density at radius 3 is 2.34 bits per heavy atom. The molecule has 0 atom stereocenters. The quantitative estimate of drug-likeness (QED) is 0.211. The average molecular weight is 555 g/mol. The van der Waals surface area contributed by atoms with Gasteiger partial charge in [-0.3, -0.25) is 9.59 Å². The van der Waals surface area contributed by atoms with Gasteiger partial charge in [0.1, 0.15) is 17.2 Å². The first-order chi connectivity index (χ1) is 19.9. The minimum absolute atomic E-state index is 0.0283. The van der Waals surface area contributed by atoms with Crippen LogP contribution in [0.1, 0.15) is 52.1 Å². The van der Waals surface area contributed by atoms with Gasteiger partial charge in [-0.05, 0) is 79.8 Å². The Hall–Kier alpha value is -5.12. The highest BCUT2D eigenvalue weighted by atomic mass is 16.5. The summed E-state index contributed by atoms with van der Waals surface area (Å²) in [5.74, 6) is 0.176. The maximum Gasteiger partial charge on any atom is 0.337 e. The van der Waals surface area contributed by atoms with E-state index in [1.54, 1.807) is 67.0 Å². The Labute approximate surface area is 236 Å². The Kier molecular flexibility index (Phi) is 8.58. The number of hydrogen-bond acceptors (Lipinski definition) is 6. The lowest BCUT2D eigenvalue weighted by molar-refractivity contribution is -0.115. The van der Waals surface area contributed by atoms with Crippen molar-refractivity contribution in [1.29, 1.82) is 0 Å². The van der Waals surface area contributed by atoms with Crippen LogP contribution in [0, 0.1) is 0 Å². The topological polar surface area (TPSA) is 143 Å². The number of aromatic nitrogens is 2. The van der Waals surface area contributed by atoms with E-state index in [2.05, 4.69) is 20.6 Å². The highest BCUT2D eigenvalue weighted by Gasteiger charge is 2.24. The number of aromatic amines is 1. The summed E-state index contributed by atoms with van der Waals surface area (Å²) in [6.07, 6.45) is 6.84. The Bertz CT molecular complexity index is 1480. The number of para-hydroxylation sites is 1. The van der Waals surface area contributed by atoms with E-state index < -0.39 is 5.97 Å². The van der Waals surface area contributed by atoms with Crippen molar-refractivity contribution in [3.05, 3.63) is 102 Å². The van der Waals surface area contributed by atoms with Crippen molar-refractivity contribution in [2.75, 3.05) is 5.32 Å². The number of carbonyl (C=O) groups excluding carboxylic acids is 2. The Morgan fingerprint density at radius 2 is 1.66 bits per heavy atom. The van der Waals surface area contributed by atoms with E-state index in [-0.39, 0.29) is 41.6 Å². The van der Waals surface area contributed by atoms with E-state index in [4.69, 9.17) is 9.47 Å². The lowest BCUT2D eigenvalue weighted by atomic mass is 9.93. The van der Waals surface area contributed by atoms with Gasteiger partial charge in [0.25, 0.3) is 5.91 Å². The molecule has 1 aliphatic carbocycles. The van der Waals surface area contributed by atoms with Crippen LogP contribution in [-0.4, -0.2) is 45.0 Å². The molecule has 1 saturated carbocycles. The first kappa shape index (κ1) is 27.4. The zero-order chi connectivity index (χ0) is 28.6. The molecule has 2 aromatic heterocycles. The summed E-state index contributed by atoms with van der Waals surface area (Å²) in [7, 11) is 0. The van der Waals surface area contributed by atoms with Gasteiger partial charge in [0.05, 0.1) is 23.8 Å². The number of anilines is 1. The van der Waals surface area contributed by atoms with E-state index in [1.165, 1.54) is 6.07 Å². The Morgan fingerprint density at radius 1 is 0.902 bits per heavy atom. The summed E-state index contributed by atoms with van der Waals surface area (Å²) in [6, 6.07) is 20.7. The van der Waals surface area contributed by atoms with Crippen molar-refractivity contribution in [1.82, 2.24) is 15.3 Å². The third-order valence-corrected chi connectivity index (χ3v) is 6.79. The highest BCUT2D eigenvalue weighted by molar-refractivity contribution is 6.01. The minimum atomic E-state index is -1.11. The largest absolute Gasteiger partial charge is 0.490 e. The number of carboxylic acid groups (broad SMARTS) is 1. The predicted octanol–water partition coefficient (Wildman–Crippen LogP) is 5.20. The lowest BCUT2D eigenvalue weighted by Gasteiger charge is -2.29. The van der Waals surface area contributed by atoms with Crippen LogP contribution in [0.5, 0.6) is 17.4 Å². The first-order valence-electron chi connectivity index (χ1n) is 13.4. The van der Waals surface area contributed by atoms with Gasteiger partial charge >= 0.3 is 5.97 Å². The molecule has 0 radical (unpaired) electrons. The van der Waals surface area contributed by atoms with Crippen LogP contribution in [0.25, 0.3) is 0 Å². The molecule has 0 aliphatic heterocycles. The van der Waals surface area contributed by atoms with Crippen molar-refractivity contribution >= 4 is 23.5 Å². The number of pyridine rings is 1. The normalized spacial score (nSPS) is 16.4. The van der Waals surface area contributed by atoms with Gasteiger partial charge in [-0.1, -0.05) is 18.2 Å². The molecular weight excluding hydrogens is 524 g/mol. The molecule has 210 valence electrons. The number of amides is 2. The SMILES string of the molecule is O=C(Cc1ccc(Oc2ccc(OC3CCC(NC(=O)c4ccc[nH]4)CC3)cc2)nc1)Nc1ccccc1C(=O)O. The monoisotopic (exact) mass is 554 g/mol. The molecule has 4 aromatic rings. The zero-order valence-electron chi connectivity index (χ0n) is 22.2. The summed E-state index contributed by atoms with van der Waals surface area (Å²) < 4.78 is 12.0. The second-order valence-corrected chi connectivity index (χ2v) is 9.80. The Balaban J connectivity index is 1.06. The summed E-state index contributed by atoms with van der Waals surface area (Å²) in [6.45, 7) is 0.